The van der Waals surface area contributed by atoms with Gasteiger partial charge in [-0.05, 0) is 62.8 Å². The molecular formula is C19H26FIN4. The molecule has 0 fully saturated rings. The zero-order chi connectivity index (χ0) is 17.7. The second kappa shape index (κ2) is 9.72. The molecule has 0 atom stereocenters. The van der Waals surface area contributed by atoms with E-state index in [1.54, 1.807) is 6.07 Å². The molecule has 6 heteroatoms. The van der Waals surface area contributed by atoms with Crippen molar-refractivity contribution in [3.63, 3.8) is 0 Å². The predicted molar refractivity (Wildman–Crippen MR) is 114 cm³/mol. The highest BCUT2D eigenvalue weighted by atomic mass is 127. The molecule has 0 radical (unpaired) electrons. The van der Waals surface area contributed by atoms with Crippen LogP contribution in [0, 0.1) is 19.7 Å². The molecule has 3 N–H and O–H groups in total. The van der Waals surface area contributed by atoms with Crippen molar-refractivity contribution in [2.45, 2.75) is 26.9 Å². The zero-order valence-electron chi connectivity index (χ0n) is 15.1. The largest absolute Gasteiger partial charge is 0.370 e. The first-order valence-electron chi connectivity index (χ1n) is 7.91. The van der Waals surface area contributed by atoms with Gasteiger partial charge < -0.3 is 16.0 Å². The van der Waals surface area contributed by atoms with Crippen LogP contribution in [-0.4, -0.2) is 25.0 Å². The lowest BCUT2D eigenvalue weighted by Gasteiger charge is -2.11. The van der Waals surface area contributed by atoms with Gasteiger partial charge >= 0.3 is 0 Å². The lowest BCUT2D eigenvalue weighted by Crippen LogP contribution is -2.22. The normalized spacial score (nSPS) is 11.4. The Kier molecular flexibility index (Phi) is 8.31. The molecule has 2 aromatic rings. The maximum absolute atomic E-state index is 14.0. The molecule has 136 valence electrons. The minimum Gasteiger partial charge on any atom is -0.370 e. The second-order valence-electron chi connectivity index (χ2n) is 6.37. The van der Waals surface area contributed by atoms with Crippen LogP contribution in [0.4, 0.5) is 10.1 Å². The van der Waals surface area contributed by atoms with Crippen molar-refractivity contribution in [3.05, 3.63) is 64.5 Å². The lowest BCUT2D eigenvalue weighted by atomic mass is 10.1. The summed E-state index contributed by atoms with van der Waals surface area (Å²) < 4.78 is 14.0. The second-order valence-corrected chi connectivity index (χ2v) is 6.37. The highest BCUT2D eigenvalue weighted by Gasteiger charge is 2.05. The van der Waals surface area contributed by atoms with Crippen LogP contribution in [0.15, 0.2) is 41.4 Å². The third-order valence-electron chi connectivity index (χ3n) is 3.53. The number of rotatable bonds is 5. The van der Waals surface area contributed by atoms with Crippen LogP contribution in [0.3, 0.4) is 0 Å². The van der Waals surface area contributed by atoms with Crippen molar-refractivity contribution in [3.8, 4) is 0 Å². The van der Waals surface area contributed by atoms with Gasteiger partial charge in [0.15, 0.2) is 5.96 Å². The topological polar surface area (TPSA) is 53.6 Å². The van der Waals surface area contributed by atoms with Gasteiger partial charge in [-0.3, -0.25) is 0 Å². The van der Waals surface area contributed by atoms with Gasteiger partial charge in [0, 0.05) is 17.8 Å². The fraction of sp³-hybridized carbons (Fsp3) is 0.316. The van der Waals surface area contributed by atoms with Crippen LogP contribution in [0.2, 0.25) is 0 Å². The molecule has 0 amide bonds. The number of nitrogens with two attached hydrogens (primary N) is 1. The molecule has 0 aromatic heterocycles. The standard InChI is InChI=1S/C19H25FN4.HI/c1-13-7-14(2)9-17(8-13)23-19(21)22-11-15-5-6-16(12-24(3)4)18(20)10-15;/h5-10H,11-12H2,1-4H3,(H3,21,22,23);1H. The highest BCUT2D eigenvalue weighted by molar-refractivity contribution is 14.0. The average molecular weight is 456 g/mol. The summed E-state index contributed by atoms with van der Waals surface area (Å²) in [5.74, 6) is 0.106. The Bertz CT molecular complexity index is 724. The number of aryl methyl sites for hydroxylation is 2. The van der Waals surface area contributed by atoms with E-state index >= 15 is 0 Å². The van der Waals surface area contributed by atoms with Crippen LogP contribution in [0.5, 0.6) is 0 Å². The van der Waals surface area contributed by atoms with Crippen LogP contribution in [0.25, 0.3) is 0 Å². The predicted octanol–water partition coefficient (Wildman–Crippen LogP) is 4.05. The first-order chi connectivity index (χ1) is 11.3. The molecule has 0 heterocycles. The van der Waals surface area contributed by atoms with E-state index < -0.39 is 0 Å². The third kappa shape index (κ3) is 6.99. The number of hydrogen-bond acceptors (Lipinski definition) is 2. The summed E-state index contributed by atoms with van der Waals surface area (Å²) in [6, 6.07) is 11.3. The number of guanidine groups is 1. The van der Waals surface area contributed by atoms with Crippen LogP contribution in [-0.2, 0) is 13.1 Å². The minimum atomic E-state index is -0.211. The summed E-state index contributed by atoms with van der Waals surface area (Å²) in [4.78, 5) is 6.22. The number of benzene rings is 2. The number of halogens is 2. The molecule has 0 aliphatic rings. The molecule has 2 aromatic carbocycles. The van der Waals surface area contributed by atoms with Gasteiger partial charge in [-0.15, -0.1) is 24.0 Å². The van der Waals surface area contributed by atoms with Crippen LogP contribution >= 0.6 is 24.0 Å². The van der Waals surface area contributed by atoms with E-state index in [0.29, 0.717) is 24.6 Å². The Morgan fingerprint density at radius 2 is 1.76 bits per heavy atom. The smallest absolute Gasteiger partial charge is 0.193 e. The van der Waals surface area contributed by atoms with Crippen LogP contribution in [0.1, 0.15) is 22.3 Å². The third-order valence-corrected chi connectivity index (χ3v) is 3.53. The Balaban J connectivity index is 0.00000312. The Labute approximate surface area is 166 Å². The summed E-state index contributed by atoms with van der Waals surface area (Å²) in [5, 5.41) is 3.07. The monoisotopic (exact) mass is 456 g/mol. The zero-order valence-corrected chi connectivity index (χ0v) is 17.5. The molecule has 0 saturated heterocycles. The summed E-state index contributed by atoms with van der Waals surface area (Å²) >= 11 is 0. The van der Waals surface area contributed by atoms with Gasteiger partial charge in [0.1, 0.15) is 5.82 Å². The SMILES string of the molecule is Cc1cc(C)cc(NC(N)=NCc2ccc(CN(C)C)c(F)c2)c1.I. The highest BCUT2D eigenvalue weighted by Crippen LogP contribution is 2.14. The lowest BCUT2D eigenvalue weighted by molar-refractivity contribution is 0.392. The quantitative estimate of drug-likeness (QED) is 0.406. The number of aliphatic imine (C=N–C) groups is 1. The summed E-state index contributed by atoms with van der Waals surface area (Å²) in [5.41, 5.74) is 10.6. The average Bonchev–Trinajstić information content (AvgIpc) is 2.46. The van der Waals surface area contributed by atoms with Crippen molar-refractivity contribution >= 4 is 35.6 Å². The number of nitrogens with zero attached hydrogens (tertiary/aromatic N) is 2. The van der Waals surface area contributed by atoms with Crippen molar-refractivity contribution in [2.75, 3.05) is 19.4 Å². The molecule has 2 rings (SSSR count). The molecule has 4 nitrogen and oxygen atoms in total. The first kappa shape index (κ1) is 21.4. The van der Waals surface area contributed by atoms with E-state index in [2.05, 4.69) is 16.4 Å². The Hall–Kier alpha value is -1.67. The molecule has 0 aliphatic heterocycles. The minimum absolute atomic E-state index is 0. The molecule has 0 saturated carbocycles. The number of anilines is 1. The van der Waals surface area contributed by atoms with E-state index in [1.165, 1.54) is 6.07 Å². The van der Waals surface area contributed by atoms with Crippen molar-refractivity contribution < 1.29 is 4.39 Å². The number of nitrogens with one attached hydrogen (secondary N) is 1. The molecule has 0 spiro atoms. The Morgan fingerprint density at radius 1 is 1.12 bits per heavy atom. The van der Waals surface area contributed by atoms with Gasteiger partial charge in [-0.2, -0.15) is 0 Å². The maximum atomic E-state index is 14.0. The summed E-state index contributed by atoms with van der Waals surface area (Å²) in [6.07, 6.45) is 0. The van der Waals surface area contributed by atoms with Crippen molar-refractivity contribution in [1.82, 2.24) is 4.90 Å². The fourth-order valence-corrected chi connectivity index (χ4v) is 2.57. The number of hydrogen-bond donors (Lipinski definition) is 2. The van der Waals surface area contributed by atoms with E-state index in [-0.39, 0.29) is 29.8 Å². The molecule has 0 unspecified atom stereocenters. The molecular weight excluding hydrogens is 430 g/mol. The van der Waals surface area contributed by atoms with Crippen molar-refractivity contribution in [2.24, 2.45) is 10.7 Å². The van der Waals surface area contributed by atoms with Gasteiger partial charge in [0.25, 0.3) is 0 Å². The van der Waals surface area contributed by atoms with Crippen LogP contribution < -0.4 is 11.1 Å². The van der Waals surface area contributed by atoms with E-state index in [4.69, 9.17) is 5.73 Å². The molecule has 0 aliphatic carbocycles. The van der Waals surface area contributed by atoms with Gasteiger partial charge in [0.05, 0.1) is 6.54 Å². The van der Waals surface area contributed by atoms with E-state index in [0.717, 1.165) is 22.4 Å². The first-order valence-corrected chi connectivity index (χ1v) is 7.91. The van der Waals surface area contributed by atoms with E-state index in [9.17, 15) is 4.39 Å². The molecule has 25 heavy (non-hydrogen) atoms. The van der Waals surface area contributed by atoms with Gasteiger partial charge in [0.2, 0.25) is 0 Å². The Morgan fingerprint density at radius 3 is 2.32 bits per heavy atom. The van der Waals surface area contributed by atoms with Gasteiger partial charge in [-0.25, -0.2) is 9.38 Å². The summed E-state index contributed by atoms with van der Waals surface area (Å²) in [6.45, 7) is 4.97. The van der Waals surface area contributed by atoms with E-state index in [1.807, 2.05) is 51.0 Å². The van der Waals surface area contributed by atoms with Gasteiger partial charge in [-0.1, -0.05) is 18.2 Å². The maximum Gasteiger partial charge on any atom is 0.193 e. The fourth-order valence-electron chi connectivity index (χ4n) is 2.57. The molecule has 0 bridgehead atoms. The summed E-state index contributed by atoms with van der Waals surface area (Å²) in [7, 11) is 3.83. The van der Waals surface area contributed by atoms with Crippen molar-refractivity contribution in [1.29, 1.82) is 0 Å².